The molecule has 2 N–H and O–H groups in total. The molecule has 1 saturated heterocycles. The average molecular weight is 279 g/mol. The van der Waals surface area contributed by atoms with E-state index in [2.05, 4.69) is 29.6 Å². The van der Waals surface area contributed by atoms with Crippen molar-refractivity contribution in [3.63, 3.8) is 0 Å². The molecule has 0 unspecified atom stereocenters. The van der Waals surface area contributed by atoms with Crippen molar-refractivity contribution >= 4 is 28.3 Å². The summed E-state index contributed by atoms with van der Waals surface area (Å²) in [4.78, 5) is 0. The monoisotopic (exact) mass is 279 g/mol. The van der Waals surface area contributed by atoms with E-state index < -0.39 is 5.72 Å². The summed E-state index contributed by atoms with van der Waals surface area (Å²) in [5, 5.41) is 14.2. The highest BCUT2D eigenvalue weighted by molar-refractivity contribution is 8.23. The number of nitrogens with one attached hydrogen (secondary N) is 1. The molecule has 0 amide bonds. The number of hydrogen-bond acceptors (Lipinski definition) is 3. The fourth-order valence-electron chi connectivity index (χ4n) is 3.09. The van der Waals surface area contributed by atoms with Gasteiger partial charge in [-0.2, -0.15) is 0 Å². The molecule has 1 aromatic rings. The summed E-state index contributed by atoms with van der Waals surface area (Å²) < 4.78 is 0.726. The lowest BCUT2D eigenvalue weighted by molar-refractivity contribution is -0.0632. The minimum Gasteiger partial charge on any atom is -0.371 e. The van der Waals surface area contributed by atoms with Crippen molar-refractivity contribution in [3.8, 4) is 0 Å². The van der Waals surface area contributed by atoms with E-state index in [0.29, 0.717) is 0 Å². The van der Waals surface area contributed by atoms with E-state index in [4.69, 9.17) is 12.2 Å². The Labute approximate surface area is 117 Å². The predicted octanol–water partition coefficient (Wildman–Crippen LogP) is 3.23. The Hall–Kier alpha value is -0.580. The summed E-state index contributed by atoms with van der Waals surface area (Å²) in [7, 11) is 0. The van der Waals surface area contributed by atoms with E-state index >= 15 is 0 Å². The molecule has 0 bridgehead atoms. The highest BCUT2D eigenvalue weighted by Gasteiger charge is 2.48. The molecule has 0 aromatic heterocycles. The molecule has 0 spiro atoms. The van der Waals surface area contributed by atoms with Crippen LogP contribution in [-0.4, -0.2) is 15.2 Å². The summed E-state index contributed by atoms with van der Waals surface area (Å²) in [6.45, 7) is 0. The first kappa shape index (κ1) is 12.5. The van der Waals surface area contributed by atoms with Crippen LogP contribution in [0.25, 0.3) is 0 Å². The third-order valence-corrected chi connectivity index (χ3v) is 5.54. The molecule has 3 rings (SSSR count). The zero-order valence-corrected chi connectivity index (χ0v) is 11.8. The molecule has 1 aliphatic carbocycles. The number of thiocarbonyl (C=S) groups is 1. The summed E-state index contributed by atoms with van der Waals surface area (Å²) in [6.07, 6.45) is 4.15. The number of thioether (sulfide) groups is 1. The second kappa shape index (κ2) is 4.83. The number of fused-ring (bicyclic) bond motifs is 1. The number of benzene rings is 1. The summed E-state index contributed by atoms with van der Waals surface area (Å²) in [6, 6.07) is 10.4. The topological polar surface area (TPSA) is 32.3 Å². The SMILES string of the molecule is O[C@@]12CCCC[C@@H]1[C@@H](c1ccccc1)SC(=S)N2. The van der Waals surface area contributed by atoms with E-state index in [1.165, 1.54) is 12.0 Å². The summed E-state index contributed by atoms with van der Waals surface area (Å²) >= 11 is 7.00. The highest BCUT2D eigenvalue weighted by atomic mass is 32.2. The van der Waals surface area contributed by atoms with E-state index in [9.17, 15) is 5.11 Å². The largest absolute Gasteiger partial charge is 0.371 e. The van der Waals surface area contributed by atoms with Gasteiger partial charge in [-0.1, -0.05) is 60.7 Å². The maximum atomic E-state index is 10.8. The lowest BCUT2D eigenvalue weighted by atomic mass is 9.77. The van der Waals surface area contributed by atoms with Gasteiger partial charge in [0.2, 0.25) is 0 Å². The predicted molar refractivity (Wildman–Crippen MR) is 79.4 cm³/mol. The lowest BCUT2D eigenvalue weighted by Crippen LogP contribution is -2.58. The third-order valence-electron chi connectivity index (χ3n) is 3.98. The molecule has 1 aliphatic heterocycles. The first-order valence-corrected chi connectivity index (χ1v) is 7.74. The summed E-state index contributed by atoms with van der Waals surface area (Å²) in [5.41, 5.74) is 0.484. The maximum absolute atomic E-state index is 10.8. The van der Waals surface area contributed by atoms with Gasteiger partial charge in [0.25, 0.3) is 0 Å². The number of hydrogen-bond donors (Lipinski definition) is 2. The number of rotatable bonds is 1. The first-order valence-electron chi connectivity index (χ1n) is 6.45. The molecule has 2 nitrogen and oxygen atoms in total. The Kier molecular flexibility index (Phi) is 3.34. The van der Waals surface area contributed by atoms with Gasteiger partial charge in [-0.25, -0.2) is 0 Å². The Balaban J connectivity index is 1.95. The van der Waals surface area contributed by atoms with E-state index in [1.54, 1.807) is 11.8 Å². The van der Waals surface area contributed by atoms with Crippen LogP contribution >= 0.6 is 24.0 Å². The van der Waals surface area contributed by atoms with Crippen LogP contribution in [0.3, 0.4) is 0 Å². The quantitative estimate of drug-likeness (QED) is 0.773. The van der Waals surface area contributed by atoms with E-state index in [-0.39, 0.29) is 11.2 Å². The third kappa shape index (κ3) is 2.17. The van der Waals surface area contributed by atoms with Crippen LogP contribution in [0.1, 0.15) is 36.5 Å². The van der Waals surface area contributed by atoms with Gasteiger partial charge in [-0.05, 0) is 24.8 Å². The van der Waals surface area contributed by atoms with Gasteiger partial charge in [-0.15, -0.1) is 0 Å². The zero-order chi connectivity index (χ0) is 12.6. The van der Waals surface area contributed by atoms with Gasteiger partial charge in [0.1, 0.15) is 10.0 Å². The van der Waals surface area contributed by atoms with Crippen LogP contribution < -0.4 is 5.32 Å². The minimum absolute atomic E-state index is 0.255. The summed E-state index contributed by atoms with van der Waals surface area (Å²) in [5.74, 6) is 0.255. The molecule has 18 heavy (non-hydrogen) atoms. The molecule has 96 valence electrons. The second-order valence-corrected chi connectivity index (χ2v) is 6.96. The van der Waals surface area contributed by atoms with Gasteiger partial charge >= 0.3 is 0 Å². The van der Waals surface area contributed by atoms with Crippen molar-refractivity contribution in [1.82, 2.24) is 5.32 Å². The van der Waals surface area contributed by atoms with Crippen LogP contribution in [0.5, 0.6) is 0 Å². The Morgan fingerprint density at radius 3 is 2.83 bits per heavy atom. The van der Waals surface area contributed by atoms with Crippen molar-refractivity contribution in [2.24, 2.45) is 5.92 Å². The van der Waals surface area contributed by atoms with Crippen LogP contribution in [-0.2, 0) is 0 Å². The minimum atomic E-state index is -0.791. The zero-order valence-electron chi connectivity index (χ0n) is 10.1. The number of aliphatic hydroxyl groups is 1. The van der Waals surface area contributed by atoms with Crippen molar-refractivity contribution < 1.29 is 5.11 Å². The van der Waals surface area contributed by atoms with Crippen LogP contribution in [0.15, 0.2) is 30.3 Å². The fraction of sp³-hybridized carbons (Fsp3) is 0.500. The molecule has 2 fully saturated rings. The van der Waals surface area contributed by atoms with E-state index in [0.717, 1.165) is 23.6 Å². The van der Waals surface area contributed by atoms with Crippen molar-refractivity contribution in [1.29, 1.82) is 0 Å². The van der Waals surface area contributed by atoms with Gasteiger partial charge in [0.05, 0.1) is 0 Å². The lowest BCUT2D eigenvalue weighted by Gasteiger charge is -2.48. The van der Waals surface area contributed by atoms with Gasteiger partial charge in [0.15, 0.2) is 0 Å². The Morgan fingerprint density at radius 2 is 2.06 bits per heavy atom. The molecule has 3 atom stereocenters. The van der Waals surface area contributed by atoms with Gasteiger partial charge < -0.3 is 10.4 Å². The smallest absolute Gasteiger partial charge is 0.140 e. The second-order valence-electron chi connectivity index (χ2n) is 5.14. The van der Waals surface area contributed by atoms with Crippen molar-refractivity contribution in [2.45, 2.75) is 36.7 Å². The Bertz CT molecular complexity index is 450. The average Bonchev–Trinajstić information content (AvgIpc) is 2.37. The normalized spacial score (nSPS) is 35.7. The fourth-order valence-corrected chi connectivity index (χ4v) is 4.86. The molecule has 1 aromatic carbocycles. The molecular formula is C14H17NOS2. The Morgan fingerprint density at radius 1 is 1.28 bits per heavy atom. The molecule has 4 heteroatoms. The van der Waals surface area contributed by atoms with Gasteiger partial charge in [0, 0.05) is 11.2 Å². The van der Waals surface area contributed by atoms with Gasteiger partial charge in [-0.3, -0.25) is 0 Å². The van der Waals surface area contributed by atoms with Crippen molar-refractivity contribution in [3.05, 3.63) is 35.9 Å². The molecule has 0 radical (unpaired) electrons. The van der Waals surface area contributed by atoms with E-state index in [1.807, 2.05) is 6.07 Å². The first-order chi connectivity index (χ1) is 8.69. The van der Waals surface area contributed by atoms with Crippen LogP contribution in [0, 0.1) is 5.92 Å². The molecular weight excluding hydrogens is 262 g/mol. The molecule has 1 saturated carbocycles. The van der Waals surface area contributed by atoms with Crippen molar-refractivity contribution in [2.75, 3.05) is 0 Å². The highest BCUT2D eigenvalue weighted by Crippen LogP contribution is 2.50. The van der Waals surface area contributed by atoms with Crippen LogP contribution in [0.2, 0.25) is 0 Å². The molecule has 1 heterocycles. The molecule has 2 aliphatic rings. The maximum Gasteiger partial charge on any atom is 0.140 e. The van der Waals surface area contributed by atoms with Crippen LogP contribution in [0.4, 0.5) is 0 Å². The standard InChI is InChI=1S/C14H17NOS2/c16-14-9-5-4-8-11(14)12(18-13(17)15-14)10-6-2-1-3-7-10/h1-3,6-7,11-12,16H,4-5,8-9H2,(H,15,17)/t11-,12-,14+/m1/s1.